The number of carbonyl (C=O) groups is 1. The first-order valence-corrected chi connectivity index (χ1v) is 7.07. The summed E-state index contributed by atoms with van der Waals surface area (Å²) in [6, 6.07) is 0. The van der Waals surface area contributed by atoms with Crippen LogP contribution in [0.5, 0.6) is 0 Å². The van der Waals surface area contributed by atoms with E-state index in [1.807, 2.05) is 6.92 Å². The van der Waals surface area contributed by atoms with Gasteiger partial charge in [0, 0.05) is 6.08 Å². The van der Waals surface area contributed by atoms with Crippen molar-refractivity contribution in [2.45, 2.75) is 71.6 Å². The van der Waals surface area contributed by atoms with E-state index in [9.17, 15) is 4.79 Å². The summed E-state index contributed by atoms with van der Waals surface area (Å²) in [6.45, 7) is 7.44. The highest BCUT2D eigenvalue weighted by atomic mass is 16.7. The lowest BCUT2D eigenvalue weighted by molar-refractivity contribution is -0.137. The van der Waals surface area contributed by atoms with E-state index in [0.717, 1.165) is 24.6 Å². The molecule has 18 heavy (non-hydrogen) atoms. The van der Waals surface area contributed by atoms with Gasteiger partial charge in [0.1, 0.15) is 0 Å². The van der Waals surface area contributed by atoms with Crippen LogP contribution in [0.1, 0.15) is 71.6 Å². The van der Waals surface area contributed by atoms with Gasteiger partial charge in [-0.25, -0.2) is 4.79 Å². The molecule has 0 aromatic rings. The number of rotatable bonds is 11. The van der Waals surface area contributed by atoms with Crippen molar-refractivity contribution in [3.63, 3.8) is 0 Å². The molecule has 0 unspecified atom stereocenters. The quantitative estimate of drug-likeness (QED) is 0.177. The van der Waals surface area contributed by atoms with Crippen LogP contribution >= 0.6 is 0 Å². The number of unbranched alkanes of at least 4 members (excludes halogenated alkanes) is 7. The zero-order valence-corrected chi connectivity index (χ0v) is 11.9. The van der Waals surface area contributed by atoms with E-state index >= 15 is 0 Å². The fourth-order valence-electron chi connectivity index (χ4n) is 1.72. The highest BCUT2D eigenvalue weighted by Gasteiger charge is 1.97. The second-order valence-electron chi connectivity index (χ2n) is 4.67. The second kappa shape index (κ2) is 12.3. The minimum atomic E-state index is -0.495. The Morgan fingerprint density at radius 2 is 1.67 bits per heavy atom. The first-order chi connectivity index (χ1) is 8.70. The third-order valence-corrected chi connectivity index (χ3v) is 2.85. The summed E-state index contributed by atoms with van der Waals surface area (Å²) in [5, 5.41) is 3.75. The van der Waals surface area contributed by atoms with Crippen LogP contribution in [0.2, 0.25) is 0 Å². The molecular weight excluding hydrogens is 226 g/mol. The minimum Gasteiger partial charge on any atom is -0.314 e. The maximum atomic E-state index is 10.8. The molecule has 0 amide bonds. The Kier molecular flexibility index (Phi) is 11.6. The Labute approximate surface area is 111 Å². The van der Waals surface area contributed by atoms with Crippen molar-refractivity contribution < 1.29 is 9.63 Å². The van der Waals surface area contributed by atoms with Gasteiger partial charge in [0.2, 0.25) is 0 Å². The molecule has 0 radical (unpaired) electrons. The second-order valence-corrected chi connectivity index (χ2v) is 4.67. The average Bonchev–Trinajstić information content (AvgIpc) is 2.39. The van der Waals surface area contributed by atoms with Crippen LogP contribution in [-0.4, -0.2) is 11.7 Å². The minimum absolute atomic E-state index is 0.495. The van der Waals surface area contributed by atoms with E-state index in [1.165, 1.54) is 44.9 Å². The lowest BCUT2D eigenvalue weighted by atomic mass is 10.1. The van der Waals surface area contributed by atoms with Gasteiger partial charge in [-0.15, -0.1) is 0 Å². The summed E-state index contributed by atoms with van der Waals surface area (Å²) < 4.78 is 0. The van der Waals surface area contributed by atoms with Gasteiger partial charge in [0.25, 0.3) is 0 Å². The maximum absolute atomic E-state index is 10.8. The van der Waals surface area contributed by atoms with Crippen LogP contribution in [0.3, 0.4) is 0 Å². The monoisotopic (exact) mass is 253 g/mol. The van der Waals surface area contributed by atoms with Crippen molar-refractivity contribution in [1.82, 2.24) is 0 Å². The maximum Gasteiger partial charge on any atom is 0.357 e. The Balaban J connectivity index is 3.37. The Bertz CT molecular complexity index is 259. The van der Waals surface area contributed by atoms with E-state index in [2.05, 4.69) is 23.5 Å². The molecule has 0 heterocycles. The normalized spacial score (nSPS) is 11.3. The average molecular weight is 253 g/mol. The molecule has 3 heteroatoms. The van der Waals surface area contributed by atoms with Crippen LogP contribution in [0.4, 0.5) is 0 Å². The highest BCUT2D eigenvalue weighted by molar-refractivity contribution is 5.84. The van der Waals surface area contributed by atoms with Crippen molar-refractivity contribution in [1.29, 1.82) is 0 Å². The van der Waals surface area contributed by atoms with Crippen molar-refractivity contribution in [3.05, 3.63) is 12.7 Å². The molecule has 0 bridgehead atoms. The summed E-state index contributed by atoms with van der Waals surface area (Å²) in [7, 11) is 0. The molecule has 0 rings (SSSR count). The van der Waals surface area contributed by atoms with Gasteiger partial charge in [0.15, 0.2) is 0 Å². The van der Waals surface area contributed by atoms with Crippen LogP contribution < -0.4 is 0 Å². The number of hydrogen-bond donors (Lipinski definition) is 0. The Morgan fingerprint density at radius 3 is 2.22 bits per heavy atom. The Morgan fingerprint density at radius 1 is 1.11 bits per heavy atom. The smallest absolute Gasteiger partial charge is 0.314 e. The van der Waals surface area contributed by atoms with Gasteiger partial charge < -0.3 is 4.84 Å². The molecule has 0 aromatic heterocycles. The highest BCUT2D eigenvalue weighted by Crippen LogP contribution is 2.09. The zero-order valence-electron chi connectivity index (χ0n) is 11.9. The number of hydrogen-bond acceptors (Lipinski definition) is 3. The van der Waals surface area contributed by atoms with Crippen LogP contribution in [0.15, 0.2) is 17.8 Å². The van der Waals surface area contributed by atoms with E-state index in [-0.39, 0.29) is 0 Å². The van der Waals surface area contributed by atoms with Crippen molar-refractivity contribution >= 4 is 11.7 Å². The molecular formula is C15H27NO2. The molecule has 0 N–H and O–H groups in total. The van der Waals surface area contributed by atoms with Crippen molar-refractivity contribution in [3.8, 4) is 0 Å². The van der Waals surface area contributed by atoms with E-state index in [4.69, 9.17) is 0 Å². The van der Waals surface area contributed by atoms with E-state index < -0.39 is 5.97 Å². The number of carbonyl (C=O) groups excluding carboxylic acids is 1. The molecule has 0 fully saturated rings. The van der Waals surface area contributed by atoms with Gasteiger partial charge in [-0.1, -0.05) is 63.6 Å². The topological polar surface area (TPSA) is 38.7 Å². The van der Waals surface area contributed by atoms with Gasteiger partial charge in [-0.2, -0.15) is 0 Å². The molecule has 0 aliphatic rings. The molecule has 0 atom stereocenters. The molecule has 0 aliphatic heterocycles. The lowest BCUT2D eigenvalue weighted by Gasteiger charge is -2.01. The molecule has 0 aliphatic carbocycles. The molecule has 0 saturated carbocycles. The molecule has 0 spiro atoms. The summed E-state index contributed by atoms with van der Waals surface area (Å²) in [5.41, 5.74) is 0.871. The molecule has 0 saturated heterocycles. The van der Waals surface area contributed by atoms with Gasteiger partial charge in [0.05, 0.1) is 5.71 Å². The largest absolute Gasteiger partial charge is 0.357 e. The summed E-state index contributed by atoms with van der Waals surface area (Å²) >= 11 is 0. The third kappa shape index (κ3) is 11.4. The van der Waals surface area contributed by atoms with Crippen molar-refractivity contribution in [2.75, 3.05) is 0 Å². The predicted molar refractivity (Wildman–Crippen MR) is 76.6 cm³/mol. The van der Waals surface area contributed by atoms with Crippen molar-refractivity contribution in [2.24, 2.45) is 5.16 Å². The Hall–Kier alpha value is -1.12. The third-order valence-electron chi connectivity index (χ3n) is 2.85. The van der Waals surface area contributed by atoms with Crippen LogP contribution in [0, 0.1) is 0 Å². The summed E-state index contributed by atoms with van der Waals surface area (Å²) in [6.07, 6.45) is 12.4. The number of nitrogens with zero attached hydrogens (tertiary/aromatic N) is 1. The molecule has 0 aromatic carbocycles. The fourth-order valence-corrected chi connectivity index (χ4v) is 1.72. The van der Waals surface area contributed by atoms with Crippen LogP contribution in [0.25, 0.3) is 0 Å². The predicted octanol–water partition coefficient (Wildman–Crippen LogP) is 4.62. The SMILES string of the molecule is C=CC(=O)O/N=C(\C)CCCCCCCCCC. The van der Waals surface area contributed by atoms with Crippen LogP contribution in [-0.2, 0) is 9.63 Å². The van der Waals surface area contributed by atoms with Gasteiger partial charge in [-0.05, 0) is 19.8 Å². The van der Waals surface area contributed by atoms with E-state index in [0.29, 0.717) is 0 Å². The first-order valence-electron chi connectivity index (χ1n) is 7.07. The molecule has 104 valence electrons. The summed E-state index contributed by atoms with van der Waals surface area (Å²) in [5.74, 6) is -0.495. The lowest BCUT2D eigenvalue weighted by Crippen LogP contribution is -1.98. The zero-order chi connectivity index (χ0) is 13.6. The summed E-state index contributed by atoms with van der Waals surface area (Å²) in [4.78, 5) is 15.4. The molecule has 3 nitrogen and oxygen atoms in total. The standard InChI is InChI=1S/C15H27NO2/c1-4-6-7-8-9-10-11-12-13-14(3)16-18-15(17)5-2/h5H,2,4,6-13H2,1,3H3/b16-14+. The van der Waals surface area contributed by atoms with Gasteiger partial charge >= 0.3 is 5.97 Å². The first kappa shape index (κ1) is 16.9. The number of oxime groups is 1. The van der Waals surface area contributed by atoms with E-state index in [1.54, 1.807) is 0 Å². The van der Waals surface area contributed by atoms with Gasteiger partial charge in [-0.3, -0.25) is 0 Å². The fraction of sp³-hybridized carbons (Fsp3) is 0.733.